The Hall–Kier alpha value is -2.19. The van der Waals surface area contributed by atoms with E-state index in [1.165, 1.54) is 103 Å². The van der Waals surface area contributed by atoms with Gasteiger partial charge in [0.2, 0.25) is 11.8 Å². The molecule has 0 spiro atoms. The van der Waals surface area contributed by atoms with Gasteiger partial charge in [-0.25, -0.2) is 4.79 Å². The average Bonchev–Trinajstić information content (AvgIpc) is 3.41. The van der Waals surface area contributed by atoms with Crippen LogP contribution in [0.4, 0.5) is 0 Å². The summed E-state index contributed by atoms with van der Waals surface area (Å²) in [4.78, 5) is 38.3. The predicted octanol–water partition coefficient (Wildman–Crippen LogP) is 3.51. The van der Waals surface area contributed by atoms with Gasteiger partial charge in [0.1, 0.15) is 61.5 Å². The molecule has 14 N–H and O–H groups in total. The Morgan fingerprint density at radius 3 is 1.58 bits per heavy atom. The lowest BCUT2D eigenvalue weighted by molar-refractivity contribution is -0.339. The summed E-state index contributed by atoms with van der Waals surface area (Å²) in [5.74, 6) is -5.99. The number of carboxylic acid groups (broad SMARTS) is 1. The van der Waals surface area contributed by atoms with Gasteiger partial charge < -0.3 is 90.9 Å². The third kappa shape index (κ3) is 27.4. The molecule has 2 fully saturated rings. The van der Waals surface area contributed by atoms with Crippen LogP contribution in [-0.4, -0.2) is 197 Å². The minimum Gasteiger partial charge on any atom is -0.477 e. The quantitative estimate of drug-likeness (QED) is 0.0388. The van der Waals surface area contributed by atoms with Crippen molar-refractivity contribution in [2.45, 2.75) is 305 Å². The zero-order valence-electron chi connectivity index (χ0n) is 46.9. The van der Waals surface area contributed by atoms with Crippen LogP contribution in [0, 0.1) is 5.92 Å². The highest BCUT2D eigenvalue weighted by molar-refractivity contribution is 5.80. The monoisotopic (exact) mass is 1110 g/mol. The topological polar surface area (TPSA) is 355 Å². The van der Waals surface area contributed by atoms with Crippen LogP contribution in [0.2, 0.25) is 0 Å². The van der Waals surface area contributed by atoms with Gasteiger partial charge in [-0.3, -0.25) is 9.59 Å². The van der Waals surface area contributed by atoms with Gasteiger partial charge in [0, 0.05) is 6.42 Å². The molecule has 2 heterocycles. The number of nitrogens with one attached hydrogen (secondary N) is 2. The molecule has 0 radical (unpaired) electrons. The highest BCUT2D eigenvalue weighted by Gasteiger charge is 2.57. The van der Waals surface area contributed by atoms with Crippen LogP contribution in [0.15, 0.2) is 0 Å². The van der Waals surface area contributed by atoms with Gasteiger partial charge in [-0.15, -0.1) is 0 Å². The summed E-state index contributed by atoms with van der Waals surface area (Å²) in [6.45, 7) is 2.93. The predicted molar refractivity (Wildman–Crippen MR) is 287 cm³/mol. The lowest BCUT2D eigenvalue weighted by Crippen LogP contribution is -2.68. The van der Waals surface area contributed by atoms with Gasteiger partial charge in [-0.2, -0.15) is 0 Å². The minimum atomic E-state index is -2.89. The third-order valence-corrected chi connectivity index (χ3v) is 15.2. The minimum absolute atomic E-state index is 0.142. The molecule has 0 aliphatic carbocycles. The molecule has 77 heavy (non-hydrogen) atoms. The highest BCUT2D eigenvalue weighted by Crippen LogP contribution is 2.35. The van der Waals surface area contributed by atoms with Crippen LogP contribution >= 0.6 is 0 Å². The summed E-state index contributed by atoms with van der Waals surface area (Å²) >= 11 is 0. The van der Waals surface area contributed by atoms with Crippen molar-refractivity contribution in [3.05, 3.63) is 0 Å². The summed E-state index contributed by atoms with van der Waals surface area (Å²) in [6.07, 6.45) is 8.17. The van der Waals surface area contributed by atoms with E-state index >= 15 is 0 Å². The first-order chi connectivity index (χ1) is 36.8. The zero-order valence-corrected chi connectivity index (χ0v) is 46.9. The van der Waals surface area contributed by atoms with Crippen LogP contribution in [-0.2, 0) is 33.3 Å². The number of ether oxygens (including phenoxy) is 4. The van der Waals surface area contributed by atoms with Crippen LogP contribution in [0.25, 0.3) is 0 Å². The molecule has 2 aliphatic heterocycles. The van der Waals surface area contributed by atoms with Crippen molar-refractivity contribution in [1.82, 2.24) is 10.6 Å². The van der Waals surface area contributed by atoms with Crippen molar-refractivity contribution in [3.8, 4) is 0 Å². The summed E-state index contributed by atoms with van der Waals surface area (Å²) in [5, 5.41) is 132. The molecule has 0 aromatic heterocycles. The molecule has 454 valence electrons. The molecule has 0 unspecified atom stereocenters. The summed E-state index contributed by atoms with van der Waals surface area (Å²) in [5.41, 5.74) is 0. The number of aliphatic hydroxyl groups is 11. The number of rotatable bonds is 46. The molecule has 15 atom stereocenters. The summed E-state index contributed by atoms with van der Waals surface area (Å²) < 4.78 is 22.7. The molecule has 2 rings (SSSR count). The van der Waals surface area contributed by atoms with Crippen LogP contribution < -0.4 is 10.6 Å². The highest BCUT2D eigenvalue weighted by atomic mass is 16.7. The first-order valence-corrected chi connectivity index (χ1v) is 29.6. The summed E-state index contributed by atoms with van der Waals surface area (Å²) in [7, 11) is 0. The van der Waals surface area contributed by atoms with E-state index in [-0.39, 0.29) is 12.8 Å². The van der Waals surface area contributed by atoms with Gasteiger partial charge >= 0.3 is 5.97 Å². The first-order valence-electron chi connectivity index (χ1n) is 29.6. The summed E-state index contributed by atoms with van der Waals surface area (Å²) in [6, 6.07) is -3.03. The fourth-order valence-electron chi connectivity index (χ4n) is 10.2. The molecular weight excluding hydrogens is 1000 g/mol. The Morgan fingerprint density at radius 1 is 0.636 bits per heavy atom. The van der Waals surface area contributed by atoms with Crippen LogP contribution in [0.3, 0.4) is 0 Å². The Morgan fingerprint density at radius 2 is 1.12 bits per heavy atom. The largest absolute Gasteiger partial charge is 0.477 e. The Bertz CT molecular complexity index is 1540. The number of carboxylic acids is 1. The maximum atomic E-state index is 13.4. The molecule has 2 saturated heterocycles. The Kier molecular flexibility index (Phi) is 37.7. The maximum absolute atomic E-state index is 13.4. The average molecular weight is 1110 g/mol. The van der Waals surface area contributed by atoms with Crippen molar-refractivity contribution in [2.75, 3.05) is 26.4 Å². The van der Waals surface area contributed by atoms with Crippen molar-refractivity contribution < 1.29 is 94.6 Å². The van der Waals surface area contributed by atoms with E-state index in [0.717, 1.165) is 57.8 Å². The van der Waals surface area contributed by atoms with Gasteiger partial charge in [-0.1, -0.05) is 194 Å². The molecule has 0 aromatic rings. The SMILES string of the molecule is CCCCCCCCCCCCCCCCCCCC[C@@H](O)C(=O)N[C@@H](CO[C@@H]1O[C@H](CO[C@]2(C(=O)O)C[C@H](O)[C@@H](NC(=O)CO)[C@H]([C@H](O)[C@H](O)CO)O2)[C@@H](O)[C@H](O)[C@H]1O)[C@H](O)[C@H](O)CCCCCCCCCCC(C)C. The molecular formula is C56H106N2O19. The normalized spacial score (nSPS) is 26.2. The van der Waals surface area contributed by atoms with E-state index in [4.69, 9.17) is 18.9 Å². The second kappa shape index (κ2) is 40.9. The maximum Gasteiger partial charge on any atom is 0.364 e. The number of amides is 2. The van der Waals surface area contributed by atoms with Gasteiger partial charge in [0.05, 0.1) is 44.1 Å². The number of hydrogen-bond donors (Lipinski definition) is 14. The standard InChI is InChI=1S/C56H106N2O19/c1-4-5-6-7-8-9-10-11-12-13-14-15-16-17-18-23-26-29-32-41(62)53(71)57-39(47(66)40(61)31-28-25-22-20-19-21-24-27-30-38(2)3)36-74-54-51(70)50(69)49(68)44(76-54)37-75-56(55(72)73)33-42(63)46(58-45(65)35-60)52(77-56)48(67)43(64)34-59/h38-44,46-52,54,59-64,66-70H,4-37H2,1-3H3,(H,57,71)(H,58,65)(H,72,73)/t39-,40+,41+,42-,43+,44+,46+,47-,48+,49+,50-,51+,52+,54+,56+/m0/s1. The first kappa shape index (κ1) is 70.9. The molecule has 2 aliphatic rings. The van der Waals surface area contributed by atoms with Gasteiger partial charge in [0.15, 0.2) is 6.29 Å². The van der Waals surface area contributed by atoms with Gasteiger partial charge in [-0.05, 0) is 18.8 Å². The number of carbonyl (C=O) groups is 3. The number of aliphatic hydroxyl groups excluding tert-OH is 11. The number of aliphatic carboxylic acids is 1. The molecule has 21 heteroatoms. The zero-order chi connectivity index (χ0) is 57.2. The Balaban J connectivity index is 2.04. The molecule has 2 amide bonds. The molecule has 0 aromatic carbocycles. The van der Waals surface area contributed by atoms with Crippen molar-refractivity contribution in [1.29, 1.82) is 0 Å². The van der Waals surface area contributed by atoms with Crippen molar-refractivity contribution in [2.24, 2.45) is 5.92 Å². The van der Waals surface area contributed by atoms with E-state index in [0.29, 0.717) is 18.8 Å². The third-order valence-electron chi connectivity index (χ3n) is 15.2. The number of hydrogen-bond acceptors (Lipinski definition) is 18. The van der Waals surface area contributed by atoms with E-state index < -0.39 is 142 Å². The van der Waals surface area contributed by atoms with Crippen molar-refractivity contribution in [3.63, 3.8) is 0 Å². The second-order valence-electron chi connectivity index (χ2n) is 22.4. The lowest BCUT2D eigenvalue weighted by Gasteiger charge is -2.47. The van der Waals surface area contributed by atoms with Crippen molar-refractivity contribution >= 4 is 17.8 Å². The molecule has 0 saturated carbocycles. The van der Waals surface area contributed by atoms with Crippen LogP contribution in [0.1, 0.15) is 213 Å². The van der Waals surface area contributed by atoms with E-state index in [1.54, 1.807) is 0 Å². The van der Waals surface area contributed by atoms with Crippen LogP contribution in [0.5, 0.6) is 0 Å². The Labute approximate surface area is 458 Å². The van der Waals surface area contributed by atoms with E-state index in [2.05, 4.69) is 31.4 Å². The fraction of sp³-hybridized carbons (Fsp3) is 0.946. The molecule has 21 nitrogen and oxygen atoms in total. The van der Waals surface area contributed by atoms with Gasteiger partial charge in [0.25, 0.3) is 5.79 Å². The number of unbranched alkanes of at least 4 members (excludes halogenated alkanes) is 24. The van der Waals surface area contributed by atoms with E-state index in [9.17, 15) is 75.7 Å². The van der Waals surface area contributed by atoms with E-state index in [1.807, 2.05) is 0 Å². The molecule has 0 bridgehead atoms. The fourth-order valence-corrected chi connectivity index (χ4v) is 10.2. The number of carbonyl (C=O) groups excluding carboxylic acids is 2. The second-order valence-corrected chi connectivity index (χ2v) is 22.4. The smallest absolute Gasteiger partial charge is 0.364 e. The lowest BCUT2D eigenvalue weighted by atomic mass is 9.88.